The fourth-order valence-corrected chi connectivity index (χ4v) is 1.23. The minimum atomic E-state index is 0.0868. The molecule has 0 fully saturated rings. The van der Waals surface area contributed by atoms with Crippen LogP contribution in [0.2, 0.25) is 0 Å². The number of hydrogen-bond acceptors (Lipinski definition) is 2. The van der Waals surface area contributed by atoms with Crippen molar-refractivity contribution in [2.24, 2.45) is 4.99 Å². The van der Waals surface area contributed by atoms with Crippen LogP contribution in [0.5, 0.6) is 0 Å². The lowest BCUT2D eigenvalue weighted by molar-refractivity contribution is 0.330. The van der Waals surface area contributed by atoms with E-state index in [0.29, 0.717) is 0 Å². The maximum Gasteiger partial charge on any atom is 0.0853 e. The predicted molar refractivity (Wildman–Crippen MR) is 36.8 cm³/mol. The number of aliphatic imine (C=N–C) groups is 1. The van der Waals surface area contributed by atoms with Gasteiger partial charge in [-0.15, -0.1) is 0 Å². The Hall–Kier alpha value is -0.200. The second-order valence-corrected chi connectivity index (χ2v) is 2.62. The summed E-state index contributed by atoms with van der Waals surface area (Å²) in [7, 11) is 0.817. The van der Waals surface area contributed by atoms with E-state index < -0.39 is 0 Å². The van der Waals surface area contributed by atoms with Crippen molar-refractivity contribution in [3.05, 3.63) is 11.5 Å². The predicted octanol–water partition coefficient (Wildman–Crippen LogP) is 0.583. The van der Waals surface area contributed by atoms with E-state index in [1.165, 1.54) is 0 Å². The Morgan fingerprint density at radius 2 is 2.75 bits per heavy atom. The number of aliphatic hydroxyl groups is 1. The molecule has 0 amide bonds. The molecule has 0 saturated heterocycles. The van der Waals surface area contributed by atoms with E-state index in [9.17, 15) is 0 Å². The zero-order valence-corrected chi connectivity index (χ0v) is 5.46. The van der Waals surface area contributed by atoms with Gasteiger partial charge in [-0.1, -0.05) is 8.58 Å². The fourth-order valence-electron chi connectivity index (χ4n) is 0.516. The van der Waals surface area contributed by atoms with Crippen molar-refractivity contribution in [1.82, 2.24) is 0 Å². The van der Waals surface area contributed by atoms with Crippen molar-refractivity contribution in [1.29, 1.82) is 0 Å². The summed E-state index contributed by atoms with van der Waals surface area (Å²) in [5, 5.41) is 8.51. The van der Waals surface area contributed by atoms with Crippen LogP contribution >= 0.6 is 8.58 Å². The third kappa shape index (κ3) is 1.39. The number of rotatable bonds is 1. The lowest BCUT2D eigenvalue weighted by atomic mass is 10.5. The molecule has 0 saturated carbocycles. The molecule has 0 radical (unpaired) electrons. The van der Waals surface area contributed by atoms with Crippen molar-refractivity contribution >= 4 is 14.8 Å². The Morgan fingerprint density at radius 1 is 1.88 bits per heavy atom. The topological polar surface area (TPSA) is 32.6 Å². The zero-order valence-electron chi connectivity index (χ0n) is 4.46. The molecule has 2 nitrogen and oxygen atoms in total. The molecule has 0 bridgehead atoms. The van der Waals surface area contributed by atoms with Crippen molar-refractivity contribution in [3.63, 3.8) is 0 Å². The van der Waals surface area contributed by atoms with Gasteiger partial charge >= 0.3 is 0 Å². The highest BCUT2D eigenvalue weighted by atomic mass is 31.1. The van der Waals surface area contributed by atoms with E-state index in [4.69, 9.17) is 5.11 Å². The van der Waals surface area contributed by atoms with Gasteiger partial charge in [0.2, 0.25) is 0 Å². The molecule has 0 aromatic heterocycles. The Morgan fingerprint density at radius 3 is 3.12 bits per heavy atom. The Kier molecular flexibility index (Phi) is 2.19. The van der Waals surface area contributed by atoms with E-state index in [1.54, 1.807) is 0 Å². The van der Waals surface area contributed by atoms with E-state index in [0.717, 1.165) is 20.4 Å². The first-order valence-corrected chi connectivity index (χ1v) is 3.78. The summed E-state index contributed by atoms with van der Waals surface area (Å²) >= 11 is 0. The van der Waals surface area contributed by atoms with Crippen LogP contribution in [0.4, 0.5) is 0 Å². The average molecular weight is 129 g/mol. The SMILES string of the molecule is OCC1=CPCC=N1. The summed E-state index contributed by atoms with van der Waals surface area (Å²) < 4.78 is 0. The second kappa shape index (κ2) is 2.95. The van der Waals surface area contributed by atoms with Crippen molar-refractivity contribution in [2.45, 2.75) is 0 Å². The molecule has 1 aliphatic rings. The monoisotopic (exact) mass is 129 g/mol. The van der Waals surface area contributed by atoms with Crippen LogP contribution in [0.25, 0.3) is 0 Å². The first kappa shape index (κ1) is 5.93. The van der Waals surface area contributed by atoms with Crippen LogP contribution in [0.15, 0.2) is 16.5 Å². The summed E-state index contributed by atoms with van der Waals surface area (Å²) in [6, 6.07) is 0. The molecule has 0 aromatic carbocycles. The molecule has 1 unspecified atom stereocenters. The molecule has 8 heavy (non-hydrogen) atoms. The maximum absolute atomic E-state index is 8.51. The van der Waals surface area contributed by atoms with Crippen LogP contribution in [0.1, 0.15) is 0 Å². The standard InChI is InChI=1S/C5H8NOP/c7-3-5-4-8-2-1-6-5/h1,4,7-8H,2-3H2. The summed E-state index contributed by atoms with van der Waals surface area (Å²) in [5.74, 6) is 1.99. The highest BCUT2D eigenvalue weighted by Crippen LogP contribution is 2.17. The maximum atomic E-state index is 8.51. The lowest BCUT2D eigenvalue weighted by Crippen LogP contribution is -1.91. The third-order valence-corrected chi connectivity index (χ3v) is 1.85. The smallest absolute Gasteiger partial charge is 0.0853 e. The van der Waals surface area contributed by atoms with Gasteiger partial charge < -0.3 is 5.11 Å². The molecule has 1 N–H and O–H groups in total. The van der Waals surface area contributed by atoms with E-state index in [-0.39, 0.29) is 6.61 Å². The van der Waals surface area contributed by atoms with Crippen molar-refractivity contribution in [3.8, 4) is 0 Å². The molecule has 1 rings (SSSR count). The summed E-state index contributed by atoms with van der Waals surface area (Å²) in [6.45, 7) is 0.0868. The molecular weight excluding hydrogens is 121 g/mol. The van der Waals surface area contributed by atoms with Crippen LogP contribution < -0.4 is 0 Å². The summed E-state index contributed by atoms with van der Waals surface area (Å²) in [5.41, 5.74) is 0.814. The molecule has 1 atom stereocenters. The minimum Gasteiger partial charge on any atom is -0.390 e. The van der Waals surface area contributed by atoms with Gasteiger partial charge in [-0.25, -0.2) is 0 Å². The highest BCUT2D eigenvalue weighted by molar-refractivity contribution is 7.42. The Bertz CT molecular complexity index is 130. The molecule has 0 aromatic rings. The summed E-state index contributed by atoms with van der Waals surface area (Å²) in [6.07, 6.45) is 2.90. The zero-order chi connectivity index (χ0) is 5.82. The van der Waals surface area contributed by atoms with Gasteiger partial charge in [-0.2, -0.15) is 0 Å². The number of nitrogens with zero attached hydrogens (tertiary/aromatic N) is 1. The van der Waals surface area contributed by atoms with E-state index >= 15 is 0 Å². The quantitative estimate of drug-likeness (QED) is 0.516. The van der Waals surface area contributed by atoms with E-state index in [2.05, 4.69) is 4.99 Å². The van der Waals surface area contributed by atoms with Gasteiger partial charge in [-0.05, 0) is 5.82 Å². The average Bonchev–Trinajstić information content (AvgIpc) is 1.90. The van der Waals surface area contributed by atoms with Gasteiger partial charge in [0, 0.05) is 12.4 Å². The summed E-state index contributed by atoms with van der Waals surface area (Å²) in [4.78, 5) is 3.94. The largest absolute Gasteiger partial charge is 0.390 e. The third-order valence-electron chi connectivity index (χ3n) is 0.897. The van der Waals surface area contributed by atoms with Gasteiger partial charge in [0.25, 0.3) is 0 Å². The lowest BCUT2D eigenvalue weighted by Gasteiger charge is -1.99. The fraction of sp³-hybridized carbons (Fsp3) is 0.400. The van der Waals surface area contributed by atoms with Gasteiger partial charge in [0.1, 0.15) is 0 Å². The second-order valence-electron chi connectivity index (χ2n) is 1.51. The van der Waals surface area contributed by atoms with E-state index in [1.807, 2.05) is 12.0 Å². The molecule has 1 heterocycles. The van der Waals surface area contributed by atoms with Gasteiger partial charge in [0.05, 0.1) is 12.3 Å². The number of hydrogen-bond donors (Lipinski definition) is 1. The van der Waals surface area contributed by atoms with Gasteiger partial charge in [0.15, 0.2) is 0 Å². The molecule has 44 valence electrons. The first-order chi connectivity index (χ1) is 3.93. The first-order valence-electron chi connectivity index (χ1n) is 2.49. The van der Waals surface area contributed by atoms with Crippen LogP contribution in [0.3, 0.4) is 0 Å². The highest BCUT2D eigenvalue weighted by Gasteiger charge is 1.93. The molecule has 0 spiro atoms. The van der Waals surface area contributed by atoms with Crippen molar-refractivity contribution < 1.29 is 5.11 Å². The number of aliphatic hydroxyl groups excluding tert-OH is 1. The normalized spacial score (nSPS) is 21.4. The van der Waals surface area contributed by atoms with Crippen LogP contribution in [-0.2, 0) is 0 Å². The van der Waals surface area contributed by atoms with Crippen LogP contribution in [-0.4, -0.2) is 24.1 Å². The molecule has 3 heteroatoms. The minimum absolute atomic E-state index is 0.0868. The molecule has 0 aliphatic carbocycles. The van der Waals surface area contributed by atoms with Crippen LogP contribution in [0, 0.1) is 0 Å². The molecular formula is C5H8NOP. The van der Waals surface area contributed by atoms with Crippen molar-refractivity contribution in [2.75, 3.05) is 12.8 Å². The van der Waals surface area contributed by atoms with Gasteiger partial charge in [-0.3, -0.25) is 4.99 Å². The molecule has 1 aliphatic heterocycles. The Balaban J connectivity index is 2.51. The Labute approximate surface area is 50.1 Å².